The summed E-state index contributed by atoms with van der Waals surface area (Å²) in [5.74, 6) is -0.306. The molecule has 0 heterocycles. The first kappa shape index (κ1) is 10.7. The summed E-state index contributed by atoms with van der Waals surface area (Å²) in [5, 5.41) is 0.661. The van der Waals surface area contributed by atoms with Crippen LogP contribution in [-0.4, -0.2) is 12.1 Å². The van der Waals surface area contributed by atoms with Crippen molar-refractivity contribution >= 4 is 23.7 Å². The first-order chi connectivity index (χ1) is 6.59. The third-order valence-corrected chi connectivity index (χ3v) is 1.82. The molecule has 0 bridgehead atoms. The number of benzene rings is 1. The lowest BCUT2D eigenvalue weighted by Gasteiger charge is -1.93. The second kappa shape index (κ2) is 4.72. The van der Waals surface area contributed by atoms with E-state index in [1.165, 1.54) is 6.21 Å². The molecule has 1 aromatic rings. The number of carbonyl (C=O) groups excluding carboxylic acids is 1. The predicted molar refractivity (Wildman–Crippen MR) is 58.9 cm³/mol. The molecule has 0 saturated heterocycles. The third kappa shape index (κ3) is 3.15. The summed E-state index contributed by atoms with van der Waals surface area (Å²) < 4.78 is 0. The van der Waals surface area contributed by atoms with E-state index in [0.717, 1.165) is 5.56 Å². The van der Waals surface area contributed by atoms with Gasteiger partial charge in [-0.1, -0.05) is 30.3 Å². The van der Waals surface area contributed by atoms with Crippen molar-refractivity contribution in [2.24, 2.45) is 4.99 Å². The number of rotatable bonds is 2. The molecular formula is C11H10ClNO. The van der Waals surface area contributed by atoms with Crippen LogP contribution in [0.25, 0.3) is 0 Å². The van der Waals surface area contributed by atoms with Crippen LogP contribution in [0.5, 0.6) is 0 Å². The van der Waals surface area contributed by atoms with Crippen molar-refractivity contribution in [3.8, 4) is 0 Å². The topological polar surface area (TPSA) is 29.4 Å². The number of hydrogen-bond acceptors (Lipinski definition) is 1. The molecule has 72 valence electrons. The van der Waals surface area contributed by atoms with Crippen LogP contribution in [0, 0.1) is 0 Å². The zero-order chi connectivity index (χ0) is 10.6. The molecule has 2 nitrogen and oxygen atoms in total. The van der Waals surface area contributed by atoms with Gasteiger partial charge in [0.05, 0.1) is 0 Å². The van der Waals surface area contributed by atoms with Crippen LogP contribution in [0.1, 0.15) is 12.5 Å². The molecule has 0 spiro atoms. The zero-order valence-corrected chi connectivity index (χ0v) is 8.58. The standard InChI is InChI=1S/C11H10ClNO/c1-8(2)11(14)13-7-9-3-5-10(12)6-4-9/h3-7H,1H2,2H3. The SMILES string of the molecule is C=C(C)C(=O)N=Cc1ccc(Cl)cc1. The van der Waals surface area contributed by atoms with Gasteiger partial charge < -0.3 is 0 Å². The molecule has 1 aromatic carbocycles. The largest absolute Gasteiger partial charge is 0.272 e. The molecule has 3 heteroatoms. The molecule has 1 rings (SSSR count). The Morgan fingerprint density at radius 1 is 1.43 bits per heavy atom. The molecule has 0 fully saturated rings. The summed E-state index contributed by atoms with van der Waals surface area (Å²) in [6.07, 6.45) is 1.49. The van der Waals surface area contributed by atoms with Gasteiger partial charge in [-0.25, -0.2) is 4.99 Å². The van der Waals surface area contributed by atoms with Crippen molar-refractivity contribution in [2.75, 3.05) is 0 Å². The normalized spacial score (nSPS) is 10.4. The van der Waals surface area contributed by atoms with Gasteiger partial charge in [-0.2, -0.15) is 0 Å². The van der Waals surface area contributed by atoms with Crippen LogP contribution in [0.15, 0.2) is 41.4 Å². The number of nitrogens with zero attached hydrogens (tertiary/aromatic N) is 1. The highest BCUT2D eigenvalue weighted by atomic mass is 35.5. The van der Waals surface area contributed by atoms with Crippen molar-refractivity contribution < 1.29 is 4.79 Å². The van der Waals surface area contributed by atoms with Crippen LogP contribution in [0.3, 0.4) is 0 Å². The third-order valence-electron chi connectivity index (χ3n) is 1.57. The van der Waals surface area contributed by atoms with Gasteiger partial charge in [0, 0.05) is 16.8 Å². The van der Waals surface area contributed by atoms with Crippen LogP contribution in [0.4, 0.5) is 0 Å². The lowest BCUT2D eigenvalue weighted by Crippen LogP contribution is -1.94. The van der Waals surface area contributed by atoms with Gasteiger partial charge in [0.25, 0.3) is 5.91 Å². The van der Waals surface area contributed by atoms with Crippen molar-refractivity contribution in [1.29, 1.82) is 0 Å². The number of amides is 1. The predicted octanol–water partition coefficient (Wildman–Crippen LogP) is 2.86. The quantitative estimate of drug-likeness (QED) is 0.542. The van der Waals surface area contributed by atoms with E-state index in [0.29, 0.717) is 10.6 Å². The van der Waals surface area contributed by atoms with Crippen molar-refractivity contribution in [1.82, 2.24) is 0 Å². The highest BCUT2D eigenvalue weighted by Crippen LogP contribution is 2.07. The monoisotopic (exact) mass is 207 g/mol. The van der Waals surface area contributed by atoms with Crippen LogP contribution in [0.2, 0.25) is 5.02 Å². The smallest absolute Gasteiger partial charge is 0.267 e. The second-order valence-electron chi connectivity index (χ2n) is 2.90. The lowest BCUT2D eigenvalue weighted by atomic mass is 10.2. The molecule has 14 heavy (non-hydrogen) atoms. The van der Waals surface area contributed by atoms with E-state index in [9.17, 15) is 4.79 Å². The fourth-order valence-electron chi connectivity index (χ4n) is 0.792. The van der Waals surface area contributed by atoms with E-state index in [1.807, 2.05) is 0 Å². The minimum absolute atomic E-state index is 0.306. The van der Waals surface area contributed by atoms with E-state index in [4.69, 9.17) is 11.6 Å². The van der Waals surface area contributed by atoms with Gasteiger partial charge in [0.15, 0.2) is 0 Å². The first-order valence-corrected chi connectivity index (χ1v) is 4.47. The van der Waals surface area contributed by atoms with Gasteiger partial charge >= 0.3 is 0 Å². The second-order valence-corrected chi connectivity index (χ2v) is 3.33. The van der Waals surface area contributed by atoms with Crippen LogP contribution < -0.4 is 0 Å². The van der Waals surface area contributed by atoms with E-state index in [2.05, 4.69) is 11.6 Å². The van der Waals surface area contributed by atoms with Crippen molar-refractivity contribution in [2.45, 2.75) is 6.92 Å². The van der Waals surface area contributed by atoms with E-state index >= 15 is 0 Å². The minimum atomic E-state index is -0.306. The summed E-state index contributed by atoms with van der Waals surface area (Å²) in [4.78, 5) is 14.8. The van der Waals surface area contributed by atoms with Gasteiger partial charge in [-0.3, -0.25) is 4.79 Å². The molecule has 1 amide bonds. The first-order valence-electron chi connectivity index (χ1n) is 4.09. The van der Waals surface area contributed by atoms with Gasteiger partial charge in [0.2, 0.25) is 0 Å². The van der Waals surface area contributed by atoms with Crippen LogP contribution in [-0.2, 0) is 4.79 Å². The lowest BCUT2D eigenvalue weighted by molar-refractivity contribution is -0.114. The Balaban J connectivity index is 2.74. The molecule has 0 aliphatic rings. The summed E-state index contributed by atoms with van der Waals surface area (Å²) in [5.41, 5.74) is 1.26. The average Bonchev–Trinajstić information content (AvgIpc) is 2.16. The molecule has 0 aliphatic heterocycles. The number of aliphatic imine (C=N–C) groups is 1. The molecular weight excluding hydrogens is 198 g/mol. The number of hydrogen-bond donors (Lipinski definition) is 0. The van der Waals surface area contributed by atoms with Gasteiger partial charge in [-0.15, -0.1) is 0 Å². The van der Waals surface area contributed by atoms with Crippen molar-refractivity contribution in [3.05, 3.63) is 47.0 Å². The zero-order valence-electron chi connectivity index (χ0n) is 7.83. The average molecular weight is 208 g/mol. The highest BCUT2D eigenvalue weighted by molar-refractivity contribution is 6.30. The molecule has 0 unspecified atom stereocenters. The maximum atomic E-state index is 11.1. The maximum Gasteiger partial charge on any atom is 0.272 e. The Morgan fingerprint density at radius 2 is 2.00 bits per heavy atom. The van der Waals surface area contributed by atoms with Crippen molar-refractivity contribution in [3.63, 3.8) is 0 Å². The molecule has 0 atom stereocenters. The fraction of sp³-hybridized carbons (Fsp3) is 0.0909. The molecule has 0 radical (unpaired) electrons. The Labute approximate surface area is 87.9 Å². The van der Waals surface area contributed by atoms with E-state index in [-0.39, 0.29) is 5.91 Å². The number of halogens is 1. The summed E-state index contributed by atoms with van der Waals surface area (Å²) >= 11 is 5.70. The van der Waals surface area contributed by atoms with Gasteiger partial charge in [0.1, 0.15) is 0 Å². The summed E-state index contributed by atoms with van der Waals surface area (Å²) in [7, 11) is 0. The molecule has 0 saturated carbocycles. The number of carbonyl (C=O) groups is 1. The van der Waals surface area contributed by atoms with E-state index in [1.54, 1.807) is 31.2 Å². The maximum absolute atomic E-state index is 11.1. The fourth-order valence-corrected chi connectivity index (χ4v) is 0.918. The van der Waals surface area contributed by atoms with E-state index < -0.39 is 0 Å². The molecule has 0 N–H and O–H groups in total. The summed E-state index contributed by atoms with van der Waals surface area (Å²) in [6, 6.07) is 7.07. The Hall–Kier alpha value is -1.41. The Kier molecular flexibility index (Phi) is 3.60. The minimum Gasteiger partial charge on any atom is -0.267 e. The molecule has 0 aliphatic carbocycles. The Morgan fingerprint density at radius 3 is 2.50 bits per heavy atom. The van der Waals surface area contributed by atoms with Gasteiger partial charge in [-0.05, 0) is 24.6 Å². The Bertz CT molecular complexity index is 379. The summed E-state index contributed by atoms with van der Waals surface area (Å²) in [6.45, 7) is 5.12. The molecule has 0 aromatic heterocycles. The highest BCUT2D eigenvalue weighted by Gasteiger charge is 1.96. The van der Waals surface area contributed by atoms with Crippen LogP contribution >= 0.6 is 11.6 Å².